The fraction of sp³-hybridized carbons (Fsp3) is 0.947. The summed E-state index contributed by atoms with van der Waals surface area (Å²) in [6.07, 6.45) is 88.9. The highest BCUT2D eigenvalue weighted by atomic mass is 16.5. The Morgan fingerprint density at radius 2 is 0.568 bits per heavy atom. The normalized spacial score (nSPS) is 12.5. The first kappa shape index (κ1) is 79.6. The van der Waals surface area contributed by atoms with E-state index in [4.69, 9.17) is 4.74 Å². The summed E-state index contributed by atoms with van der Waals surface area (Å²) >= 11 is 0. The maximum atomic E-state index is 12.5. The third-order valence-electron chi connectivity index (χ3n) is 17.8. The van der Waals surface area contributed by atoms with E-state index in [1.807, 2.05) is 6.08 Å². The van der Waals surface area contributed by atoms with E-state index in [-0.39, 0.29) is 18.5 Å². The van der Waals surface area contributed by atoms with E-state index < -0.39 is 12.1 Å². The van der Waals surface area contributed by atoms with Crippen molar-refractivity contribution in [2.24, 2.45) is 0 Å². The van der Waals surface area contributed by atoms with Gasteiger partial charge in [0, 0.05) is 12.8 Å². The Bertz CT molecular complexity index is 1220. The maximum Gasteiger partial charge on any atom is 0.305 e. The van der Waals surface area contributed by atoms with Crippen molar-refractivity contribution in [2.75, 3.05) is 13.2 Å². The molecule has 0 aliphatic carbocycles. The number of allylic oxidation sites excluding steroid dienone is 1. The number of ether oxygens (including phenoxy) is 1. The summed E-state index contributed by atoms with van der Waals surface area (Å²) in [7, 11) is 0. The molecule has 81 heavy (non-hydrogen) atoms. The van der Waals surface area contributed by atoms with Crippen molar-refractivity contribution in [3.63, 3.8) is 0 Å². The lowest BCUT2D eigenvalue weighted by Gasteiger charge is -2.20. The predicted octanol–water partition coefficient (Wildman–Crippen LogP) is 24.3. The number of unbranched alkanes of at least 4 members (excludes halogenated alkanes) is 60. The van der Waals surface area contributed by atoms with E-state index in [0.717, 1.165) is 38.5 Å². The highest BCUT2D eigenvalue weighted by Crippen LogP contribution is 2.20. The molecule has 1 amide bonds. The Morgan fingerprint density at radius 3 is 0.840 bits per heavy atom. The van der Waals surface area contributed by atoms with Crippen LogP contribution in [-0.2, 0) is 14.3 Å². The van der Waals surface area contributed by atoms with E-state index in [0.29, 0.717) is 19.4 Å². The monoisotopic (exact) mass is 1140 g/mol. The molecule has 0 aromatic heterocycles. The smallest absolute Gasteiger partial charge is 0.305 e. The Hall–Kier alpha value is -1.40. The van der Waals surface area contributed by atoms with Crippen LogP contribution in [0.15, 0.2) is 12.2 Å². The molecule has 0 fully saturated rings. The predicted molar refractivity (Wildman–Crippen MR) is 357 cm³/mol. The SMILES string of the molecule is CCCCCCCCCCCCCCCCCCCCCCCC/C=C/C(O)C(CO)NC(=O)CCCCCCCCCCCCCCCCCCCCCCCCCCCCCCCOC(=O)CCCCCCCCCCCCC. The number of carbonyl (C=O) groups is 2. The van der Waals surface area contributed by atoms with Gasteiger partial charge in [-0.1, -0.05) is 398 Å². The van der Waals surface area contributed by atoms with Gasteiger partial charge in [0.25, 0.3) is 0 Å². The molecule has 0 radical (unpaired) electrons. The fourth-order valence-electron chi connectivity index (χ4n) is 12.1. The molecule has 0 rings (SSSR count). The number of hydrogen-bond acceptors (Lipinski definition) is 5. The van der Waals surface area contributed by atoms with Gasteiger partial charge in [-0.15, -0.1) is 0 Å². The Morgan fingerprint density at radius 1 is 0.333 bits per heavy atom. The average molecular weight is 1140 g/mol. The molecule has 0 spiro atoms. The van der Waals surface area contributed by atoms with Gasteiger partial charge in [-0.05, 0) is 32.1 Å². The third kappa shape index (κ3) is 67.6. The van der Waals surface area contributed by atoms with Gasteiger partial charge in [0.1, 0.15) is 0 Å². The van der Waals surface area contributed by atoms with Crippen molar-refractivity contribution in [3.8, 4) is 0 Å². The number of aliphatic hydroxyl groups excluding tert-OH is 2. The molecule has 482 valence electrons. The minimum absolute atomic E-state index is 0.0199. The molecule has 0 heterocycles. The van der Waals surface area contributed by atoms with Crippen LogP contribution >= 0.6 is 0 Å². The van der Waals surface area contributed by atoms with Gasteiger partial charge in [-0.25, -0.2) is 0 Å². The summed E-state index contributed by atoms with van der Waals surface area (Å²) in [5, 5.41) is 23.3. The zero-order chi connectivity index (χ0) is 58.5. The van der Waals surface area contributed by atoms with Crippen molar-refractivity contribution < 1.29 is 24.5 Å². The topological polar surface area (TPSA) is 95.9 Å². The summed E-state index contributed by atoms with van der Waals surface area (Å²) in [6.45, 7) is 4.95. The number of hydrogen-bond donors (Lipinski definition) is 3. The van der Waals surface area contributed by atoms with Crippen LogP contribution in [-0.4, -0.2) is 47.4 Å². The molecule has 0 aliphatic rings. The average Bonchev–Trinajstić information content (AvgIpc) is 3.47. The van der Waals surface area contributed by atoms with E-state index in [1.54, 1.807) is 6.08 Å². The lowest BCUT2D eigenvalue weighted by molar-refractivity contribution is -0.143. The minimum Gasteiger partial charge on any atom is -0.466 e. The maximum absolute atomic E-state index is 12.5. The Labute approximate surface area is 508 Å². The molecule has 0 saturated carbocycles. The molecule has 2 unspecified atom stereocenters. The van der Waals surface area contributed by atoms with Gasteiger partial charge in [0.05, 0.1) is 25.4 Å². The first-order chi connectivity index (χ1) is 40.0. The zero-order valence-electron chi connectivity index (χ0n) is 55.3. The molecule has 6 heteroatoms. The molecule has 6 nitrogen and oxygen atoms in total. The summed E-state index contributed by atoms with van der Waals surface area (Å²) in [4.78, 5) is 24.6. The second-order valence-corrected chi connectivity index (χ2v) is 26.0. The van der Waals surface area contributed by atoms with Crippen LogP contribution in [0.25, 0.3) is 0 Å². The number of carbonyl (C=O) groups excluding carboxylic acids is 2. The van der Waals surface area contributed by atoms with E-state index in [1.165, 1.54) is 366 Å². The summed E-state index contributed by atoms with van der Waals surface area (Å²) in [6, 6.07) is -0.626. The molecule has 0 bridgehead atoms. The second-order valence-electron chi connectivity index (χ2n) is 26.0. The molecule has 0 aliphatic heterocycles. The van der Waals surface area contributed by atoms with Gasteiger partial charge in [0.15, 0.2) is 0 Å². The molecular formula is C75H147NO5. The minimum atomic E-state index is -0.843. The lowest BCUT2D eigenvalue weighted by Crippen LogP contribution is -2.45. The van der Waals surface area contributed by atoms with Gasteiger partial charge in [0.2, 0.25) is 5.91 Å². The van der Waals surface area contributed by atoms with Crippen molar-refractivity contribution in [2.45, 2.75) is 443 Å². The molecule has 0 aromatic carbocycles. The number of amides is 1. The molecule has 0 aromatic rings. The van der Waals surface area contributed by atoms with Crippen molar-refractivity contribution >= 4 is 11.9 Å². The van der Waals surface area contributed by atoms with Crippen LogP contribution in [0.1, 0.15) is 431 Å². The fourth-order valence-corrected chi connectivity index (χ4v) is 12.1. The Balaban J connectivity index is 3.37. The Kier molecular flexibility index (Phi) is 69.9. The van der Waals surface area contributed by atoms with Crippen LogP contribution in [0.4, 0.5) is 0 Å². The molecule has 2 atom stereocenters. The molecule has 3 N–H and O–H groups in total. The quantitative estimate of drug-likeness (QED) is 0.0320. The number of aliphatic hydroxyl groups is 2. The first-order valence-corrected chi connectivity index (χ1v) is 37.5. The lowest BCUT2D eigenvalue weighted by atomic mass is 10.0. The largest absolute Gasteiger partial charge is 0.466 e. The van der Waals surface area contributed by atoms with E-state index >= 15 is 0 Å². The van der Waals surface area contributed by atoms with Crippen molar-refractivity contribution in [3.05, 3.63) is 12.2 Å². The number of esters is 1. The van der Waals surface area contributed by atoms with Crippen LogP contribution in [0.5, 0.6) is 0 Å². The number of rotatable bonds is 71. The van der Waals surface area contributed by atoms with Crippen molar-refractivity contribution in [1.29, 1.82) is 0 Å². The standard InChI is InChI=1S/C75H147NO5/c1-3-5-7-9-11-13-15-16-17-18-19-20-21-29-32-35-38-41-44-48-51-55-59-63-67-73(78)72(71-77)76-74(79)68-64-60-56-52-49-45-42-39-36-33-30-27-25-23-22-24-26-28-31-34-37-40-43-46-50-54-58-62-66-70-81-75(80)69-65-61-57-53-47-14-12-10-8-6-4-2/h63,67,72-73,77-78H,3-62,64-66,68-71H2,1-2H3,(H,76,79)/b67-63+. The van der Waals surface area contributed by atoms with Gasteiger partial charge < -0.3 is 20.3 Å². The second kappa shape index (κ2) is 71.1. The summed E-state index contributed by atoms with van der Waals surface area (Å²) < 4.78 is 5.48. The number of nitrogens with one attached hydrogen (secondary N) is 1. The van der Waals surface area contributed by atoms with Crippen LogP contribution in [0, 0.1) is 0 Å². The highest BCUT2D eigenvalue weighted by Gasteiger charge is 2.18. The van der Waals surface area contributed by atoms with Crippen LogP contribution < -0.4 is 5.32 Å². The van der Waals surface area contributed by atoms with Gasteiger partial charge in [-0.3, -0.25) is 9.59 Å². The first-order valence-electron chi connectivity index (χ1n) is 37.5. The van der Waals surface area contributed by atoms with E-state index in [9.17, 15) is 19.8 Å². The molecular weight excluding hydrogens is 995 g/mol. The van der Waals surface area contributed by atoms with E-state index in [2.05, 4.69) is 19.2 Å². The molecule has 0 saturated heterocycles. The van der Waals surface area contributed by atoms with Gasteiger partial charge in [-0.2, -0.15) is 0 Å². The van der Waals surface area contributed by atoms with Crippen LogP contribution in [0.3, 0.4) is 0 Å². The van der Waals surface area contributed by atoms with Crippen molar-refractivity contribution in [1.82, 2.24) is 5.32 Å². The van der Waals surface area contributed by atoms with Gasteiger partial charge >= 0.3 is 5.97 Å². The summed E-state index contributed by atoms with van der Waals surface area (Å²) in [5.41, 5.74) is 0. The summed E-state index contributed by atoms with van der Waals surface area (Å²) in [5.74, 6) is -0.0391. The highest BCUT2D eigenvalue weighted by molar-refractivity contribution is 5.76. The van der Waals surface area contributed by atoms with Crippen LogP contribution in [0.2, 0.25) is 0 Å². The third-order valence-corrected chi connectivity index (χ3v) is 17.8. The zero-order valence-corrected chi connectivity index (χ0v) is 55.3.